The lowest BCUT2D eigenvalue weighted by atomic mass is 10.2. The van der Waals surface area contributed by atoms with Crippen molar-refractivity contribution in [2.75, 3.05) is 6.54 Å². The number of hydrogen-bond donors (Lipinski definition) is 0. The summed E-state index contributed by atoms with van der Waals surface area (Å²) < 4.78 is 5.27. The third kappa shape index (κ3) is 4.19. The van der Waals surface area contributed by atoms with E-state index in [0.29, 0.717) is 13.0 Å². The minimum absolute atomic E-state index is 0.355. The van der Waals surface area contributed by atoms with Crippen molar-refractivity contribution in [2.45, 2.75) is 45.3 Å². The van der Waals surface area contributed by atoms with Gasteiger partial charge in [0.05, 0.1) is 0 Å². The van der Waals surface area contributed by atoms with Gasteiger partial charge in [0.15, 0.2) is 0 Å². The molecule has 0 bridgehead atoms. The third-order valence-electron chi connectivity index (χ3n) is 2.26. The zero-order valence-corrected chi connectivity index (χ0v) is 10.6. The molecule has 1 atom stereocenters. The van der Waals surface area contributed by atoms with E-state index in [-0.39, 0.29) is 5.97 Å². The second kappa shape index (κ2) is 5.31. The highest BCUT2D eigenvalue weighted by Crippen LogP contribution is 2.21. The quantitative estimate of drug-likeness (QED) is 0.552. The van der Waals surface area contributed by atoms with Crippen LogP contribution < -0.4 is 0 Å². The second-order valence-electron chi connectivity index (χ2n) is 4.95. The first-order valence-electron chi connectivity index (χ1n) is 5.67. The van der Waals surface area contributed by atoms with E-state index >= 15 is 0 Å². The fraction of sp³-hybridized carbons (Fsp3) is 0.667. The predicted molar refractivity (Wildman–Crippen MR) is 61.9 cm³/mol. The molecule has 17 heavy (non-hydrogen) atoms. The summed E-state index contributed by atoms with van der Waals surface area (Å²) in [7, 11) is 0. The number of hydroxylamine groups is 2. The molecule has 1 unspecified atom stereocenters. The third-order valence-corrected chi connectivity index (χ3v) is 2.26. The zero-order valence-electron chi connectivity index (χ0n) is 10.6. The lowest BCUT2D eigenvalue weighted by Crippen LogP contribution is -2.41. The molecule has 0 amide bonds. The molecule has 0 saturated carbocycles. The molecular weight excluding hydrogens is 222 g/mol. The van der Waals surface area contributed by atoms with Crippen LogP contribution in [-0.2, 0) is 19.2 Å². The SMILES string of the molecule is C=CC(=O)ON1CCCC1C(=O)OC(C)(C)C. The molecule has 1 heterocycles. The molecule has 5 heteroatoms. The maximum absolute atomic E-state index is 11.9. The number of ether oxygens (including phenoxy) is 1. The number of hydrogen-bond acceptors (Lipinski definition) is 5. The van der Waals surface area contributed by atoms with Gasteiger partial charge in [-0.3, -0.25) is 4.79 Å². The van der Waals surface area contributed by atoms with Crippen LogP contribution in [0.3, 0.4) is 0 Å². The molecule has 5 nitrogen and oxygen atoms in total. The largest absolute Gasteiger partial charge is 0.459 e. The minimum Gasteiger partial charge on any atom is -0.459 e. The van der Waals surface area contributed by atoms with Crippen molar-refractivity contribution in [3.63, 3.8) is 0 Å². The van der Waals surface area contributed by atoms with E-state index in [4.69, 9.17) is 9.57 Å². The molecule has 0 aromatic carbocycles. The molecule has 1 saturated heterocycles. The fourth-order valence-corrected chi connectivity index (χ4v) is 1.61. The van der Waals surface area contributed by atoms with Gasteiger partial charge in [0.2, 0.25) is 0 Å². The highest BCUT2D eigenvalue weighted by Gasteiger charge is 2.36. The summed E-state index contributed by atoms with van der Waals surface area (Å²) in [4.78, 5) is 27.9. The van der Waals surface area contributed by atoms with E-state index in [9.17, 15) is 9.59 Å². The summed E-state index contributed by atoms with van der Waals surface area (Å²) in [6.07, 6.45) is 2.51. The second-order valence-corrected chi connectivity index (χ2v) is 4.95. The molecule has 0 aliphatic carbocycles. The maximum Gasteiger partial charge on any atom is 0.349 e. The molecule has 0 radical (unpaired) electrons. The number of nitrogens with zero attached hydrogens (tertiary/aromatic N) is 1. The predicted octanol–water partition coefficient (Wildman–Crippen LogP) is 1.44. The molecule has 1 fully saturated rings. The molecule has 0 aromatic heterocycles. The summed E-state index contributed by atoms with van der Waals surface area (Å²) in [5, 5.41) is 1.37. The summed E-state index contributed by atoms with van der Waals surface area (Å²) in [5.41, 5.74) is -0.534. The number of esters is 1. The van der Waals surface area contributed by atoms with Crippen LogP contribution in [0.5, 0.6) is 0 Å². The molecule has 1 rings (SSSR count). The Kier molecular flexibility index (Phi) is 4.28. The van der Waals surface area contributed by atoms with Gasteiger partial charge in [-0.1, -0.05) is 6.58 Å². The van der Waals surface area contributed by atoms with Gasteiger partial charge in [0, 0.05) is 12.6 Å². The average molecular weight is 241 g/mol. The van der Waals surface area contributed by atoms with Gasteiger partial charge in [-0.05, 0) is 33.6 Å². The van der Waals surface area contributed by atoms with Crippen LogP contribution in [0.2, 0.25) is 0 Å². The molecule has 0 aromatic rings. The normalized spacial score (nSPS) is 21.0. The van der Waals surface area contributed by atoms with E-state index < -0.39 is 17.6 Å². The van der Waals surface area contributed by atoms with E-state index in [1.165, 1.54) is 5.06 Å². The summed E-state index contributed by atoms with van der Waals surface area (Å²) >= 11 is 0. The van der Waals surface area contributed by atoms with Crippen molar-refractivity contribution in [2.24, 2.45) is 0 Å². The van der Waals surface area contributed by atoms with E-state index in [2.05, 4.69) is 6.58 Å². The topological polar surface area (TPSA) is 55.8 Å². The van der Waals surface area contributed by atoms with Crippen LogP contribution in [0.4, 0.5) is 0 Å². The minimum atomic E-state index is -0.555. The number of carbonyl (C=O) groups is 2. The molecule has 96 valence electrons. The summed E-state index contributed by atoms with van der Waals surface area (Å²) in [5.74, 6) is -0.910. The van der Waals surface area contributed by atoms with Crippen molar-refractivity contribution in [3.8, 4) is 0 Å². The Hall–Kier alpha value is -1.36. The number of carbonyl (C=O) groups excluding carboxylic acids is 2. The first-order valence-corrected chi connectivity index (χ1v) is 5.67. The Labute approximate surface area is 101 Å². The number of rotatable bonds is 3. The summed E-state index contributed by atoms with van der Waals surface area (Å²) in [6, 6.07) is -0.502. The Balaban J connectivity index is 2.59. The van der Waals surface area contributed by atoms with Crippen LogP contribution in [0.25, 0.3) is 0 Å². The van der Waals surface area contributed by atoms with Crippen molar-refractivity contribution in [1.82, 2.24) is 5.06 Å². The van der Waals surface area contributed by atoms with E-state index in [0.717, 1.165) is 12.5 Å². The molecule has 0 N–H and O–H groups in total. The Bertz CT molecular complexity index is 319. The monoisotopic (exact) mass is 241 g/mol. The first-order chi connectivity index (χ1) is 7.83. The smallest absolute Gasteiger partial charge is 0.349 e. The van der Waals surface area contributed by atoms with Gasteiger partial charge in [-0.25, -0.2) is 4.79 Å². The van der Waals surface area contributed by atoms with Gasteiger partial charge in [-0.2, -0.15) is 0 Å². The van der Waals surface area contributed by atoms with Crippen molar-refractivity contribution in [3.05, 3.63) is 12.7 Å². The van der Waals surface area contributed by atoms with Gasteiger partial charge in [0.1, 0.15) is 11.6 Å². The Morgan fingerprint density at radius 1 is 1.41 bits per heavy atom. The Morgan fingerprint density at radius 2 is 2.06 bits per heavy atom. The van der Waals surface area contributed by atoms with Crippen LogP contribution in [0.15, 0.2) is 12.7 Å². The first kappa shape index (κ1) is 13.7. The van der Waals surface area contributed by atoms with Crippen molar-refractivity contribution in [1.29, 1.82) is 0 Å². The molecule has 1 aliphatic heterocycles. The van der Waals surface area contributed by atoms with E-state index in [1.807, 2.05) is 0 Å². The molecular formula is C12H19NO4. The maximum atomic E-state index is 11.9. The van der Waals surface area contributed by atoms with Crippen molar-refractivity contribution < 1.29 is 19.2 Å². The Morgan fingerprint density at radius 3 is 2.59 bits per heavy atom. The highest BCUT2D eigenvalue weighted by atomic mass is 16.7. The van der Waals surface area contributed by atoms with Crippen LogP contribution in [0.1, 0.15) is 33.6 Å². The highest BCUT2D eigenvalue weighted by molar-refractivity contribution is 5.81. The van der Waals surface area contributed by atoms with Crippen molar-refractivity contribution >= 4 is 11.9 Å². The zero-order chi connectivity index (χ0) is 13.1. The van der Waals surface area contributed by atoms with Gasteiger partial charge in [-0.15, -0.1) is 5.06 Å². The average Bonchev–Trinajstić information content (AvgIpc) is 2.63. The fourth-order valence-electron chi connectivity index (χ4n) is 1.61. The van der Waals surface area contributed by atoms with Crippen LogP contribution in [-0.4, -0.2) is 35.2 Å². The molecule has 1 aliphatic rings. The molecule has 0 spiro atoms. The van der Waals surface area contributed by atoms with E-state index in [1.54, 1.807) is 20.8 Å². The van der Waals surface area contributed by atoms with Gasteiger partial charge >= 0.3 is 11.9 Å². The lowest BCUT2D eigenvalue weighted by molar-refractivity contribution is -0.199. The van der Waals surface area contributed by atoms with Crippen LogP contribution in [0, 0.1) is 0 Å². The standard InChI is InChI=1S/C12H19NO4/c1-5-10(14)17-13-8-6-7-9(13)11(15)16-12(2,3)4/h5,9H,1,6-8H2,2-4H3. The van der Waals surface area contributed by atoms with Gasteiger partial charge in [0.25, 0.3) is 0 Å². The van der Waals surface area contributed by atoms with Gasteiger partial charge < -0.3 is 9.57 Å². The van der Waals surface area contributed by atoms with Crippen LogP contribution >= 0.6 is 0 Å². The summed E-state index contributed by atoms with van der Waals surface area (Å²) in [6.45, 7) is 9.28. The lowest BCUT2D eigenvalue weighted by Gasteiger charge is -2.25.